The summed E-state index contributed by atoms with van der Waals surface area (Å²) in [5.74, 6) is 0.286. The third-order valence-electron chi connectivity index (χ3n) is 4.43. The quantitative estimate of drug-likeness (QED) is 0.526. The van der Waals surface area contributed by atoms with Crippen molar-refractivity contribution in [2.24, 2.45) is 5.73 Å². The Balaban J connectivity index is 1.64. The monoisotopic (exact) mass is 398 g/mol. The number of nitrogens with two attached hydrogens (primary N) is 1. The van der Waals surface area contributed by atoms with E-state index >= 15 is 0 Å². The van der Waals surface area contributed by atoms with E-state index in [1.165, 1.54) is 12.1 Å². The van der Waals surface area contributed by atoms with Crippen LogP contribution in [0.1, 0.15) is 5.56 Å². The molecule has 3 N–H and O–H groups in total. The molecule has 0 saturated heterocycles. The fraction of sp³-hybridized carbons (Fsp3) is 0.150. The number of nitrogens with zero attached hydrogens (tertiary/aromatic N) is 4. The van der Waals surface area contributed by atoms with E-state index in [4.69, 9.17) is 5.73 Å². The molecule has 0 saturated carbocycles. The largest absolute Gasteiger partial charge is 0.416 e. The van der Waals surface area contributed by atoms with Crippen molar-refractivity contribution in [2.45, 2.75) is 12.7 Å². The number of benzene rings is 1. The molecule has 9 heteroatoms. The standard InChI is InChI=1S/C20H17F3N6/c21-20(22,23)13-1-3-14(4-2-13)27-19-26-10-6-17(28-19)15-5-9-25-18-16(15)7-11-29(18)12-8-24/h1-7,9-11H,8,12,24H2,(H,26,27,28). The Kier molecular flexibility index (Phi) is 4.89. The Hall–Kier alpha value is -3.46. The lowest BCUT2D eigenvalue weighted by Gasteiger charge is -2.10. The molecule has 4 aromatic rings. The van der Waals surface area contributed by atoms with E-state index in [1.54, 1.807) is 18.5 Å². The van der Waals surface area contributed by atoms with Gasteiger partial charge in [-0.3, -0.25) is 0 Å². The highest BCUT2D eigenvalue weighted by molar-refractivity contribution is 5.92. The van der Waals surface area contributed by atoms with Crippen LogP contribution >= 0.6 is 0 Å². The van der Waals surface area contributed by atoms with Gasteiger partial charge in [0, 0.05) is 48.3 Å². The van der Waals surface area contributed by atoms with Gasteiger partial charge in [0.25, 0.3) is 0 Å². The summed E-state index contributed by atoms with van der Waals surface area (Å²) in [5.41, 5.74) is 7.76. The Morgan fingerprint density at radius 1 is 0.966 bits per heavy atom. The molecule has 0 radical (unpaired) electrons. The minimum Gasteiger partial charge on any atom is -0.331 e. The second-order valence-corrected chi connectivity index (χ2v) is 6.36. The first-order valence-electron chi connectivity index (χ1n) is 8.87. The lowest BCUT2D eigenvalue weighted by Crippen LogP contribution is -2.09. The van der Waals surface area contributed by atoms with Crippen LogP contribution in [0, 0.1) is 0 Å². The van der Waals surface area contributed by atoms with E-state index in [1.807, 2.05) is 22.9 Å². The molecular formula is C20H17F3N6. The first kappa shape index (κ1) is 18.9. The molecule has 29 heavy (non-hydrogen) atoms. The highest BCUT2D eigenvalue weighted by Crippen LogP contribution is 2.31. The number of pyridine rings is 1. The van der Waals surface area contributed by atoms with E-state index in [9.17, 15) is 13.2 Å². The lowest BCUT2D eigenvalue weighted by atomic mass is 10.1. The Bertz CT molecular complexity index is 1140. The minimum atomic E-state index is -4.37. The maximum absolute atomic E-state index is 12.7. The van der Waals surface area contributed by atoms with Crippen molar-refractivity contribution < 1.29 is 13.2 Å². The first-order valence-corrected chi connectivity index (χ1v) is 8.87. The maximum Gasteiger partial charge on any atom is 0.416 e. The topological polar surface area (TPSA) is 81.7 Å². The van der Waals surface area contributed by atoms with E-state index in [0.717, 1.165) is 28.7 Å². The van der Waals surface area contributed by atoms with Crippen molar-refractivity contribution in [2.75, 3.05) is 11.9 Å². The molecule has 3 heterocycles. The number of halogens is 3. The fourth-order valence-corrected chi connectivity index (χ4v) is 3.07. The SMILES string of the molecule is NCCn1ccc2c(-c3ccnc(Nc4ccc(C(F)(F)F)cc4)n3)ccnc21. The third-order valence-corrected chi connectivity index (χ3v) is 4.43. The average Bonchev–Trinajstić information content (AvgIpc) is 3.11. The first-order chi connectivity index (χ1) is 14.0. The summed E-state index contributed by atoms with van der Waals surface area (Å²) in [7, 11) is 0. The van der Waals surface area contributed by atoms with E-state index in [0.29, 0.717) is 24.5 Å². The zero-order valence-electron chi connectivity index (χ0n) is 15.2. The van der Waals surface area contributed by atoms with Crippen molar-refractivity contribution in [3.8, 4) is 11.3 Å². The van der Waals surface area contributed by atoms with Crippen LogP contribution in [-0.2, 0) is 12.7 Å². The average molecular weight is 398 g/mol. The zero-order chi connectivity index (χ0) is 20.4. The summed E-state index contributed by atoms with van der Waals surface area (Å²) < 4.78 is 40.1. The molecule has 6 nitrogen and oxygen atoms in total. The number of aromatic nitrogens is 4. The summed E-state index contributed by atoms with van der Waals surface area (Å²) >= 11 is 0. The van der Waals surface area contributed by atoms with Crippen LogP contribution in [0.5, 0.6) is 0 Å². The van der Waals surface area contributed by atoms with Crippen LogP contribution in [0.2, 0.25) is 0 Å². The van der Waals surface area contributed by atoms with Gasteiger partial charge in [-0.05, 0) is 42.5 Å². The van der Waals surface area contributed by atoms with Crippen LogP contribution in [0.25, 0.3) is 22.3 Å². The summed E-state index contributed by atoms with van der Waals surface area (Å²) in [6.07, 6.45) is 0.853. The van der Waals surface area contributed by atoms with Gasteiger partial charge in [-0.1, -0.05) is 0 Å². The Morgan fingerprint density at radius 2 is 1.72 bits per heavy atom. The Labute approximate surface area is 164 Å². The number of alkyl halides is 3. The van der Waals surface area contributed by atoms with Crippen LogP contribution in [0.3, 0.4) is 0 Å². The molecule has 0 bridgehead atoms. The van der Waals surface area contributed by atoms with Gasteiger partial charge in [-0.15, -0.1) is 0 Å². The van der Waals surface area contributed by atoms with E-state index < -0.39 is 11.7 Å². The van der Waals surface area contributed by atoms with Gasteiger partial charge in [0.05, 0.1) is 11.3 Å². The van der Waals surface area contributed by atoms with Gasteiger partial charge in [0.2, 0.25) is 5.95 Å². The number of hydrogen-bond acceptors (Lipinski definition) is 5. The summed E-state index contributed by atoms with van der Waals surface area (Å²) in [4.78, 5) is 13.1. The van der Waals surface area contributed by atoms with Crippen LogP contribution in [-0.4, -0.2) is 26.1 Å². The Morgan fingerprint density at radius 3 is 2.45 bits per heavy atom. The van der Waals surface area contributed by atoms with Gasteiger partial charge in [0.15, 0.2) is 0 Å². The number of nitrogens with one attached hydrogen (secondary N) is 1. The molecule has 0 aliphatic carbocycles. The molecular weight excluding hydrogens is 381 g/mol. The molecule has 0 fully saturated rings. The molecule has 1 aromatic carbocycles. The molecule has 0 spiro atoms. The van der Waals surface area contributed by atoms with Crippen molar-refractivity contribution in [3.63, 3.8) is 0 Å². The third kappa shape index (κ3) is 3.90. The van der Waals surface area contributed by atoms with Crippen LogP contribution in [0.4, 0.5) is 24.8 Å². The normalized spacial score (nSPS) is 11.7. The number of rotatable bonds is 5. The number of hydrogen-bond donors (Lipinski definition) is 2. The van der Waals surface area contributed by atoms with Crippen molar-refractivity contribution in [1.82, 2.24) is 19.5 Å². The van der Waals surface area contributed by atoms with Gasteiger partial charge in [-0.2, -0.15) is 13.2 Å². The van der Waals surface area contributed by atoms with Gasteiger partial charge >= 0.3 is 6.18 Å². The van der Waals surface area contributed by atoms with Crippen LogP contribution in [0.15, 0.2) is 61.1 Å². The fourth-order valence-electron chi connectivity index (χ4n) is 3.07. The highest BCUT2D eigenvalue weighted by atomic mass is 19.4. The predicted octanol–water partition coefficient (Wildman–Crippen LogP) is 4.21. The van der Waals surface area contributed by atoms with Crippen molar-refractivity contribution >= 4 is 22.7 Å². The summed E-state index contributed by atoms with van der Waals surface area (Å²) in [6.45, 7) is 1.16. The maximum atomic E-state index is 12.7. The van der Waals surface area contributed by atoms with Gasteiger partial charge < -0.3 is 15.6 Å². The molecule has 0 atom stereocenters. The smallest absolute Gasteiger partial charge is 0.331 e. The molecule has 4 rings (SSSR count). The van der Waals surface area contributed by atoms with E-state index in [-0.39, 0.29) is 5.95 Å². The van der Waals surface area contributed by atoms with Crippen molar-refractivity contribution in [1.29, 1.82) is 0 Å². The van der Waals surface area contributed by atoms with Gasteiger partial charge in [0.1, 0.15) is 5.65 Å². The van der Waals surface area contributed by atoms with Crippen molar-refractivity contribution in [3.05, 3.63) is 66.6 Å². The molecule has 0 amide bonds. The predicted molar refractivity (Wildman–Crippen MR) is 105 cm³/mol. The molecule has 3 aromatic heterocycles. The molecule has 148 valence electrons. The molecule has 0 aliphatic rings. The number of anilines is 2. The van der Waals surface area contributed by atoms with Gasteiger partial charge in [-0.25, -0.2) is 15.0 Å². The summed E-state index contributed by atoms with van der Waals surface area (Å²) in [5, 5.41) is 3.87. The molecule has 0 aliphatic heterocycles. The highest BCUT2D eigenvalue weighted by Gasteiger charge is 2.29. The second kappa shape index (κ2) is 7.51. The second-order valence-electron chi connectivity index (χ2n) is 6.36. The summed E-state index contributed by atoms with van der Waals surface area (Å²) in [6, 6.07) is 10.3. The zero-order valence-corrected chi connectivity index (χ0v) is 15.2. The number of fused-ring (bicyclic) bond motifs is 1. The minimum absolute atomic E-state index is 0.286. The van der Waals surface area contributed by atoms with Crippen LogP contribution < -0.4 is 11.1 Å². The van der Waals surface area contributed by atoms with E-state index in [2.05, 4.69) is 20.3 Å². The molecule has 0 unspecified atom stereocenters. The lowest BCUT2D eigenvalue weighted by molar-refractivity contribution is -0.137.